The summed E-state index contributed by atoms with van der Waals surface area (Å²) >= 11 is 5.26. The van der Waals surface area contributed by atoms with E-state index in [4.69, 9.17) is 12.2 Å². The van der Waals surface area contributed by atoms with Crippen molar-refractivity contribution >= 4 is 23.2 Å². The largest absolute Gasteiger partial charge is 0.350 e. The lowest BCUT2D eigenvalue weighted by Crippen LogP contribution is -2.32. The molecule has 2 aromatic rings. The number of thiocarbonyl (C=S) groups is 1. The predicted octanol–water partition coefficient (Wildman–Crippen LogP) is 1.24. The van der Waals surface area contributed by atoms with E-state index in [1.54, 1.807) is 17.4 Å². The van der Waals surface area contributed by atoms with E-state index in [1.165, 1.54) is 0 Å². The van der Waals surface area contributed by atoms with E-state index in [9.17, 15) is 4.79 Å². The molecule has 1 amide bonds. The van der Waals surface area contributed by atoms with Gasteiger partial charge < -0.3 is 10.3 Å². The van der Waals surface area contributed by atoms with Crippen LogP contribution in [0.3, 0.4) is 0 Å². The first-order chi connectivity index (χ1) is 9.74. The Labute approximate surface area is 122 Å². The molecule has 1 atom stereocenters. The molecule has 2 N–H and O–H groups in total. The highest BCUT2D eigenvalue weighted by Gasteiger charge is 2.35. The third kappa shape index (κ3) is 2.55. The molecule has 1 aliphatic rings. The van der Waals surface area contributed by atoms with Gasteiger partial charge in [0, 0.05) is 18.3 Å². The highest BCUT2D eigenvalue weighted by atomic mass is 32.1. The molecule has 5 nitrogen and oxygen atoms in total. The molecule has 102 valence electrons. The third-order valence-electron chi connectivity index (χ3n) is 3.27. The van der Waals surface area contributed by atoms with Crippen LogP contribution in [0.5, 0.6) is 0 Å². The molecular weight excluding hydrogens is 272 g/mol. The van der Waals surface area contributed by atoms with Gasteiger partial charge in [-0.2, -0.15) is 0 Å². The van der Waals surface area contributed by atoms with Gasteiger partial charge in [0.2, 0.25) is 0 Å². The van der Waals surface area contributed by atoms with Crippen molar-refractivity contribution in [2.45, 2.75) is 19.0 Å². The molecule has 0 radical (unpaired) electrons. The minimum Gasteiger partial charge on any atom is -0.350 e. The molecule has 0 saturated carbocycles. The van der Waals surface area contributed by atoms with Crippen molar-refractivity contribution in [3.8, 4) is 0 Å². The van der Waals surface area contributed by atoms with Crippen molar-refractivity contribution in [2.24, 2.45) is 0 Å². The summed E-state index contributed by atoms with van der Waals surface area (Å²) in [4.78, 5) is 21.0. The Kier molecular flexibility index (Phi) is 3.47. The molecule has 1 saturated heterocycles. The summed E-state index contributed by atoms with van der Waals surface area (Å²) in [5.74, 6) is 0.00783. The number of nitrogens with one attached hydrogen (secondary N) is 2. The molecule has 1 fully saturated rings. The highest BCUT2D eigenvalue weighted by Crippen LogP contribution is 2.14. The Morgan fingerprint density at radius 1 is 1.30 bits per heavy atom. The van der Waals surface area contributed by atoms with Gasteiger partial charge in [0.05, 0.1) is 12.9 Å². The van der Waals surface area contributed by atoms with Crippen LogP contribution in [-0.2, 0) is 17.8 Å². The molecule has 0 aliphatic carbocycles. The number of rotatable bonds is 4. The van der Waals surface area contributed by atoms with E-state index < -0.39 is 0 Å². The van der Waals surface area contributed by atoms with Crippen LogP contribution >= 0.6 is 12.2 Å². The van der Waals surface area contributed by atoms with Crippen LogP contribution in [0.25, 0.3) is 0 Å². The van der Waals surface area contributed by atoms with Gasteiger partial charge in [0.1, 0.15) is 6.04 Å². The monoisotopic (exact) mass is 286 g/mol. The van der Waals surface area contributed by atoms with E-state index in [2.05, 4.69) is 15.3 Å². The van der Waals surface area contributed by atoms with Crippen LogP contribution in [0, 0.1) is 0 Å². The SMILES string of the molecule is O=C1[C@@H](Cc2cnc[nH]2)NC(=S)N1Cc1ccccc1. The predicted molar refractivity (Wildman–Crippen MR) is 78.8 cm³/mol. The number of hydrogen-bond acceptors (Lipinski definition) is 3. The second-order valence-corrected chi connectivity index (χ2v) is 5.08. The van der Waals surface area contributed by atoms with E-state index >= 15 is 0 Å². The zero-order valence-electron chi connectivity index (χ0n) is 10.7. The summed E-state index contributed by atoms with van der Waals surface area (Å²) in [5, 5.41) is 3.56. The molecule has 6 heteroatoms. The summed E-state index contributed by atoms with van der Waals surface area (Å²) in [7, 11) is 0. The van der Waals surface area contributed by atoms with Crippen LogP contribution in [0.15, 0.2) is 42.9 Å². The van der Waals surface area contributed by atoms with Crippen molar-refractivity contribution in [1.82, 2.24) is 20.2 Å². The summed E-state index contributed by atoms with van der Waals surface area (Å²) in [6, 6.07) is 9.51. The van der Waals surface area contributed by atoms with Crippen molar-refractivity contribution in [3.63, 3.8) is 0 Å². The number of imidazole rings is 1. The fraction of sp³-hybridized carbons (Fsp3) is 0.214. The second kappa shape index (κ2) is 5.42. The summed E-state index contributed by atoms with van der Waals surface area (Å²) < 4.78 is 0. The number of nitrogens with zero attached hydrogens (tertiary/aromatic N) is 2. The topological polar surface area (TPSA) is 61.0 Å². The van der Waals surface area contributed by atoms with Crippen molar-refractivity contribution in [2.75, 3.05) is 0 Å². The minimum atomic E-state index is -0.313. The smallest absolute Gasteiger partial charge is 0.252 e. The van der Waals surface area contributed by atoms with Crippen LogP contribution in [0.4, 0.5) is 0 Å². The molecule has 3 rings (SSSR count). The number of hydrogen-bond donors (Lipinski definition) is 2. The third-order valence-corrected chi connectivity index (χ3v) is 3.61. The molecule has 1 aromatic heterocycles. The van der Waals surface area contributed by atoms with Crippen molar-refractivity contribution < 1.29 is 4.79 Å². The van der Waals surface area contributed by atoms with Crippen molar-refractivity contribution in [1.29, 1.82) is 0 Å². The van der Waals surface area contributed by atoms with Gasteiger partial charge in [-0.25, -0.2) is 4.98 Å². The van der Waals surface area contributed by atoms with E-state index in [0.717, 1.165) is 11.3 Å². The number of carbonyl (C=O) groups is 1. The van der Waals surface area contributed by atoms with Gasteiger partial charge in [-0.15, -0.1) is 0 Å². The lowest BCUT2D eigenvalue weighted by molar-refractivity contribution is -0.127. The Hall–Kier alpha value is -2.21. The Morgan fingerprint density at radius 3 is 2.80 bits per heavy atom. The van der Waals surface area contributed by atoms with Gasteiger partial charge in [0.25, 0.3) is 5.91 Å². The molecule has 1 aromatic carbocycles. The number of H-pyrrole nitrogens is 1. The van der Waals surface area contributed by atoms with Crippen molar-refractivity contribution in [3.05, 3.63) is 54.1 Å². The lowest BCUT2D eigenvalue weighted by atomic mass is 10.1. The minimum absolute atomic E-state index is 0.00783. The van der Waals surface area contributed by atoms with Crippen LogP contribution in [0.1, 0.15) is 11.3 Å². The van der Waals surface area contributed by atoms with Crippen LogP contribution < -0.4 is 5.32 Å². The molecule has 20 heavy (non-hydrogen) atoms. The first-order valence-corrected chi connectivity index (χ1v) is 6.78. The van der Waals surface area contributed by atoms with Gasteiger partial charge >= 0.3 is 0 Å². The van der Waals surface area contributed by atoms with Gasteiger partial charge in [-0.1, -0.05) is 30.3 Å². The average Bonchev–Trinajstić information content (AvgIpc) is 3.05. The van der Waals surface area contributed by atoms with Gasteiger partial charge in [-0.05, 0) is 17.8 Å². The molecule has 0 bridgehead atoms. The number of aromatic nitrogens is 2. The number of amides is 1. The molecule has 1 aliphatic heterocycles. The zero-order chi connectivity index (χ0) is 13.9. The van der Waals surface area contributed by atoms with Crippen LogP contribution in [-0.4, -0.2) is 31.9 Å². The van der Waals surface area contributed by atoms with E-state index in [0.29, 0.717) is 18.1 Å². The lowest BCUT2D eigenvalue weighted by Gasteiger charge is -2.14. The molecular formula is C14H14N4OS. The zero-order valence-corrected chi connectivity index (χ0v) is 11.6. The number of benzene rings is 1. The van der Waals surface area contributed by atoms with Gasteiger partial charge in [-0.3, -0.25) is 9.69 Å². The average molecular weight is 286 g/mol. The maximum Gasteiger partial charge on any atom is 0.252 e. The summed E-state index contributed by atoms with van der Waals surface area (Å²) in [6.45, 7) is 0.505. The molecule has 2 heterocycles. The molecule has 0 unspecified atom stereocenters. The first-order valence-electron chi connectivity index (χ1n) is 6.37. The van der Waals surface area contributed by atoms with Gasteiger partial charge in [0.15, 0.2) is 5.11 Å². The number of carbonyl (C=O) groups excluding carboxylic acids is 1. The fourth-order valence-corrected chi connectivity index (χ4v) is 2.54. The Balaban J connectivity index is 1.70. The normalized spacial score (nSPS) is 18.4. The summed E-state index contributed by atoms with van der Waals surface area (Å²) in [6.07, 6.45) is 3.89. The van der Waals surface area contributed by atoms with Crippen LogP contribution in [0.2, 0.25) is 0 Å². The molecule has 0 spiro atoms. The van der Waals surface area contributed by atoms with E-state index in [-0.39, 0.29) is 11.9 Å². The summed E-state index contributed by atoms with van der Waals surface area (Å²) in [5.41, 5.74) is 1.98. The fourth-order valence-electron chi connectivity index (χ4n) is 2.25. The number of aromatic amines is 1. The second-order valence-electron chi connectivity index (χ2n) is 4.69. The first kappa shape index (κ1) is 12.8. The quantitative estimate of drug-likeness (QED) is 0.830. The standard InChI is InChI=1S/C14H14N4OS/c19-13-12(6-11-7-15-9-16-11)17-14(20)18(13)8-10-4-2-1-3-5-10/h1-5,7,9,12H,6,8H2,(H,15,16)(H,17,20)/t12-/m1/s1. The Morgan fingerprint density at radius 2 is 2.10 bits per heavy atom. The van der Waals surface area contributed by atoms with E-state index in [1.807, 2.05) is 30.3 Å². The Bertz CT molecular complexity index is 611. The maximum absolute atomic E-state index is 12.4. The highest BCUT2D eigenvalue weighted by molar-refractivity contribution is 7.80. The maximum atomic E-state index is 12.4.